The summed E-state index contributed by atoms with van der Waals surface area (Å²) in [5, 5.41) is 0. The molecule has 0 atom stereocenters. The Morgan fingerprint density at radius 2 is 2.00 bits per heavy atom. The summed E-state index contributed by atoms with van der Waals surface area (Å²) in [5.74, 6) is 1.22. The van der Waals surface area contributed by atoms with E-state index < -0.39 is 0 Å². The Kier molecular flexibility index (Phi) is 4.28. The molecule has 5 heteroatoms. The first kappa shape index (κ1) is 15.1. The van der Waals surface area contributed by atoms with Crippen LogP contribution >= 0.6 is 0 Å². The fourth-order valence-electron chi connectivity index (χ4n) is 2.43. The molecule has 1 aliphatic rings. The molecule has 2 aromatic rings. The van der Waals surface area contributed by atoms with Gasteiger partial charge in [-0.15, -0.1) is 0 Å². The van der Waals surface area contributed by atoms with Gasteiger partial charge in [-0.05, 0) is 37.3 Å². The normalized spacial score (nSPS) is 13.3. The molecule has 0 fully saturated rings. The molecule has 0 saturated carbocycles. The van der Waals surface area contributed by atoms with Crippen LogP contribution in [0.1, 0.15) is 15.9 Å². The molecule has 1 amide bonds. The standard InChI is InChI=1S/C18H17NO4/c1-13-2-5-15(6-3-13)22-9-8-19-16-10-14(11-20)4-7-17(16)23-12-18(19)21/h2-7,10-11H,8-9,12H2,1H3. The molecule has 0 radical (unpaired) electrons. The first-order valence-corrected chi connectivity index (χ1v) is 7.39. The smallest absolute Gasteiger partial charge is 0.265 e. The number of amides is 1. The molecular formula is C18H17NO4. The summed E-state index contributed by atoms with van der Waals surface area (Å²) < 4.78 is 11.1. The monoisotopic (exact) mass is 311 g/mol. The van der Waals surface area contributed by atoms with Gasteiger partial charge in [0, 0.05) is 5.56 Å². The van der Waals surface area contributed by atoms with Crippen LogP contribution in [0.3, 0.4) is 0 Å². The second-order valence-corrected chi connectivity index (χ2v) is 5.34. The summed E-state index contributed by atoms with van der Waals surface area (Å²) in [4.78, 5) is 24.6. The highest BCUT2D eigenvalue weighted by molar-refractivity contribution is 5.98. The summed E-state index contributed by atoms with van der Waals surface area (Å²) in [6.07, 6.45) is 0.750. The van der Waals surface area contributed by atoms with Gasteiger partial charge in [0.15, 0.2) is 6.61 Å². The van der Waals surface area contributed by atoms with Crippen LogP contribution in [0.2, 0.25) is 0 Å². The highest BCUT2D eigenvalue weighted by Crippen LogP contribution is 2.32. The van der Waals surface area contributed by atoms with Crippen molar-refractivity contribution in [3.05, 3.63) is 53.6 Å². The zero-order chi connectivity index (χ0) is 16.2. The minimum absolute atomic E-state index is 0.00202. The zero-order valence-corrected chi connectivity index (χ0v) is 12.8. The molecule has 0 spiro atoms. The highest BCUT2D eigenvalue weighted by Gasteiger charge is 2.25. The van der Waals surface area contributed by atoms with Crippen molar-refractivity contribution < 1.29 is 19.1 Å². The first-order valence-electron chi connectivity index (χ1n) is 7.39. The van der Waals surface area contributed by atoms with E-state index in [0.717, 1.165) is 17.6 Å². The number of anilines is 1. The van der Waals surface area contributed by atoms with Gasteiger partial charge in [0.05, 0.1) is 12.2 Å². The summed E-state index contributed by atoms with van der Waals surface area (Å²) in [5.41, 5.74) is 2.28. The Balaban J connectivity index is 1.71. The molecule has 0 aromatic heterocycles. The number of hydrogen-bond donors (Lipinski definition) is 0. The van der Waals surface area contributed by atoms with Gasteiger partial charge in [-0.25, -0.2) is 0 Å². The summed E-state index contributed by atoms with van der Waals surface area (Å²) in [6, 6.07) is 12.8. The highest BCUT2D eigenvalue weighted by atomic mass is 16.5. The topological polar surface area (TPSA) is 55.8 Å². The Morgan fingerprint density at radius 3 is 2.74 bits per heavy atom. The van der Waals surface area contributed by atoms with Gasteiger partial charge >= 0.3 is 0 Å². The van der Waals surface area contributed by atoms with Gasteiger partial charge in [0.1, 0.15) is 24.4 Å². The van der Waals surface area contributed by atoms with Crippen molar-refractivity contribution in [2.24, 2.45) is 0 Å². The number of ether oxygens (including phenoxy) is 2. The minimum atomic E-state index is -0.145. The van der Waals surface area contributed by atoms with Gasteiger partial charge in [0.2, 0.25) is 0 Å². The zero-order valence-electron chi connectivity index (χ0n) is 12.8. The minimum Gasteiger partial charge on any atom is -0.492 e. The van der Waals surface area contributed by atoms with Crippen LogP contribution in [0.15, 0.2) is 42.5 Å². The molecule has 3 rings (SSSR count). The SMILES string of the molecule is Cc1ccc(OCCN2C(=O)COc3ccc(C=O)cc32)cc1. The number of hydrogen-bond acceptors (Lipinski definition) is 4. The number of aldehydes is 1. The lowest BCUT2D eigenvalue weighted by atomic mass is 10.1. The maximum Gasteiger partial charge on any atom is 0.265 e. The number of aryl methyl sites for hydroxylation is 1. The number of rotatable bonds is 5. The van der Waals surface area contributed by atoms with E-state index in [4.69, 9.17) is 9.47 Å². The van der Waals surface area contributed by atoms with Crippen molar-refractivity contribution in [2.45, 2.75) is 6.92 Å². The Labute approximate surface area is 134 Å². The van der Waals surface area contributed by atoms with Crippen LogP contribution in [0.25, 0.3) is 0 Å². The number of carbonyl (C=O) groups excluding carboxylic acids is 2. The molecule has 1 aliphatic heterocycles. The lowest BCUT2D eigenvalue weighted by Crippen LogP contribution is -2.41. The van der Waals surface area contributed by atoms with Gasteiger partial charge in [0.25, 0.3) is 5.91 Å². The number of carbonyl (C=O) groups is 2. The predicted molar refractivity (Wildman–Crippen MR) is 86.4 cm³/mol. The van der Waals surface area contributed by atoms with E-state index >= 15 is 0 Å². The van der Waals surface area contributed by atoms with Gasteiger partial charge in [-0.3, -0.25) is 9.59 Å². The molecule has 0 aliphatic carbocycles. The summed E-state index contributed by atoms with van der Waals surface area (Å²) >= 11 is 0. The molecular weight excluding hydrogens is 294 g/mol. The van der Waals surface area contributed by atoms with Crippen LogP contribution in [-0.4, -0.2) is 32.0 Å². The fourth-order valence-corrected chi connectivity index (χ4v) is 2.43. The maximum absolute atomic E-state index is 12.1. The fraction of sp³-hybridized carbons (Fsp3) is 0.222. The lowest BCUT2D eigenvalue weighted by molar-refractivity contribution is -0.121. The average molecular weight is 311 g/mol. The second-order valence-electron chi connectivity index (χ2n) is 5.34. The maximum atomic E-state index is 12.1. The van der Waals surface area contributed by atoms with Crippen molar-refractivity contribution >= 4 is 17.9 Å². The van der Waals surface area contributed by atoms with Crippen molar-refractivity contribution in [3.8, 4) is 11.5 Å². The number of fused-ring (bicyclic) bond motifs is 1. The molecule has 0 bridgehead atoms. The van der Waals surface area contributed by atoms with E-state index in [1.54, 1.807) is 23.1 Å². The van der Waals surface area contributed by atoms with Crippen LogP contribution in [0, 0.1) is 6.92 Å². The molecule has 23 heavy (non-hydrogen) atoms. The third-order valence-electron chi connectivity index (χ3n) is 3.67. The van der Waals surface area contributed by atoms with Crippen LogP contribution < -0.4 is 14.4 Å². The number of benzene rings is 2. The van der Waals surface area contributed by atoms with Gasteiger partial charge < -0.3 is 14.4 Å². The van der Waals surface area contributed by atoms with Crippen molar-refractivity contribution in [2.75, 3.05) is 24.7 Å². The molecule has 0 saturated heterocycles. The molecule has 5 nitrogen and oxygen atoms in total. The van der Waals surface area contributed by atoms with Crippen molar-refractivity contribution in [1.82, 2.24) is 0 Å². The Bertz CT molecular complexity index is 724. The molecule has 0 N–H and O–H groups in total. The van der Waals surface area contributed by atoms with Crippen LogP contribution in [0.5, 0.6) is 11.5 Å². The van der Waals surface area contributed by atoms with Gasteiger partial charge in [-0.1, -0.05) is 17.7 Å². The van der Waals surface area contributed by atoms with E-state index in [1.807, 2.05) is 31.2 Å². The number of nitrogens with zero attached hydrogens (tertiary/aromatic N) is 1. The van der Waals surface area contributed by atoms with E-state index in [9.17, 15) is 9.59 Å². The molecule has 118 valence electrons. The molecule has 2 aromatic carbocycles. The van der Waals surface area contributed by atoms with E-state index in [1.165, 1.54) is 0 Å². The van der Waals surface area contributed by atoms with E-state index in [0.29, 0.717) is 30.2 Å². The van der Waals surface area contributed by atoms with E-state index in [2.05, 4.69) is 0 Å². The first-order chi connectivity index (χ1) is 11.2. The third-order valence-corrected chi connectivity index (χ3v) is 3.67. The largest absolute Gasteiger partial charge is 0.492 e. The quantitative estimate of drug-likeness (QED) is 0.797. The summed E-state index contributed by atoms with van der Waals surface area (Å²) in [7, 11) is 0. The second kappa shape index (κ2) is 6.52. The predicted octanol–water partition coefficient (Wildman–Crippen LogP) is 2.61. The van der Waals surface area contributed by atoms with Crippen molar-refractivity contribution in [3.63, 3.8) is 0 Å². The van der Waals surface area contributed by atoms with Crippen molar-refractivity contribution in [1.29, 1.82) is 0 Å². The van der Waals surface area contributed by atoms with Crippen LogP contribution in [-0.2, 0) is 4.79 Å². The lowest BCUT2D eigenvalue weighted by Gasteiger charge is -2.29. The Morgan fingerprint density at radius 1 is 1.22 bits per heavy atom. The molecule has 0 unspecified atom stereocenters. The van der Waals surface area contributed by atoms with Crippen LogP contribution in [0.4, 0.5) is 5.69 Å². The van der Waals surface area contributed by atoms with Gasteiger partial charge in [-0.2, -0.15) is 0 Å². The molecule has 1 heterocycles. The van der Waals surface area contributed by atoms with E-state index in [-0.39, 0.29) is 12.5 Å². The summed E-state index contributed by atoms with van der Waals surface area (Å²) in [6.45, 7) is 2.76. The average Bonchev–Trinajstić information content (AvgIpc) is 2.58. The third kappa shape index (κ3) is 3.34. The Hall–Kier alpha value is -2.82.